The van der Waals surface area contributed by atoms with Crippen molar-refractivity contribution in [1.29, 1.82) is 0 Å². The first kappa shape index (κ1) is 14.4. The highest BCUT2D eigenvalue weighted by atomic mass is 79.9. The van der Waals surface area contributed by atoms with Gasteiger partial charge in [-0.3, -0.25) is 0 Å². The van der Waals surface area contributed by atoms with E-state index in [9.17, 15) is 0 Å². The minimum absolute atomic E-state index is 0.770. The van der Waals surface area contributed by atoms with Gasteiger partial charge in [0, 0.05) is 5.33 Å². The maximum atomic E-state index is 5.87. The molecule has 0 atom stereocenters. The van der Waals surface area contributed by atoms with Crippen molar-refractivity contribution in [3.8, 4) is 17.2 Å². The number of alkyl halides is 1. The Kier molecular flexibility index (Phi) is 4.88. The predicted octanol–water partition coefficient (Wildman–Crippen LogP) is 5.45. The molecule has 2 aromatic carbocycles. The molecule has 2 rings (SSSR count). The molecule has 0 aliphatic carbocycles. The zero-order valence-corrected chi connectivity index (χ0v) is 13.9. The zero-order chi connectivity index (χ0) is 13.8. The van der Waals surface area contributed by atoms with Gasteiger partial charge in [-0.25, -0.2) is 0 Å². The molecule has 0 spiro atoms. The van der Waals surface area contributed by atoms with Gasteiger partial charge in [0.2, 0.25) is 0 Å². The van der Waals surface area contributed by atoms with Crippen LogP contribution in [0.1, 0.15) is 11.1 Å². The van der Waals surface area contributed by atoms with Gasteiger partial charge in [0.15, 0.2) is 0 Å². The van der Waals surface area contributed by atoms with Gasteiger partial charge in [-0.2, -0.15) is 0 Å². The molecule has 100 valence electrons. The molecule has 0 aliphatic rings. The zero-order valence-electron chi connectivity index (χ0n) is 10.7. The summed E-state index contributed by atoms with van der Waals surface area (Å²) in [6.07, 6.45) is 0. The second-order valence-corrected chi connectivity index (χ2v) is 5.54. The van der Waals surface area contributed by atoms with E-state index in [-0.39, 0.29) is 0 Å². The lowest BCUT2D eigenvalue weighted by Gasteiger charge is -2.11. The molecule has 0 radical (unpaired) electrons. The van der Waals surface area contributed by atoms with Gasteiger partial charge < -0.3 is 9.47 Å². The molecule has 0 amide bonds. The average Bonchev–Trinajstić information content (AvgIpc) is 2.41. The van der Waals surface area contributed by atoms with E-state index in [1.807, 2.05) is 30.3 Å². The molecular formula is C15H14Br2O2. The number of hydrogen-bond donors (Lipinski definition) is 0. The summed E-state index contributed by atoms with van der Waals surface area (Å²) in [6.45, 7) is 2.08. The van der Waals surface area contributed by atoms with Crippen LogP contribution in [0.3, 0.4) is 0 Å². The van der Waals surface area contributed by atoms with Crippen molar-refractivity contribution < 1.29 is 9.47 Å². The molecule has 2 aromatic rings. The van der Waals surface area contributed by atoms with Crippen molar-refractivity contribution in [3.63, 3.8) is 0 Å². The van der Waals surface area contributed by atoms with E-state index < -0.39 is 0 Å². The summed E-state index contributed by atoms with van der Waals surface area (Å²) in [7, 11) is 1.64. The van der Waals surface area contributed by atoms with Crippen LogP contribution in [0.25, 0.3) is 0 Å². The maximum absolute atomic E-state index is 5.87. The summed E-state index contributed by atoms with van der Waals surface area (Å²) in [6, 6.07) is 11.7. The van der Waals surface area contributed by atoms with Crippen LogP contribution < -0.4 is 9.47 Å². The van der Waals surface area contributed by atoms with Gasteiger partial charge in [0.25, 0.3) is 0 Å². The van der Waals surface area contributed by atoms with Crippen molar-refractivity contribution in [1.82, 2.24) is 0 Å². The topological polar surface area (TPSA) is 18.5 Å². The second kappa shape index (κ2) is 6.44. The minimum Gasteiger partial charge on any atom is -0.497 e. The highest BCUT2D eigenvalue weighted by molar-refractivity contribution is 9.10. The molecule has 0 fully saturated rings. The molecule has 0 unspecified atom stereocenters. The second-order valence-electron chi connectivity index (χ2n) is 4.12. The monoisotopic (exact) mass is 384 g/mol. The van der Waals surface area contributed by atoms with Crippen LogP contribution in [0.2, 0.25) is 0 Å². The van der Waals surface area contributed by atoms with Gasteiger partial charge >= 0.3 is 0 Å². The fourth-order valence-electron chi connectivity index (χ4n) is 1.70. The van der Waals surface area contributed by atoms with Crippen molar-refractivity contribution in [2.75, 3.05) is 7.11 Å². The Hall–Kier alpha value is -1.000. The Morgan fingerprint density at radius 3 is 2.37 bits per heavy atom. The molecule has 0 aliphatic heterocycles. The summed E-state index contributed by atoms with van der Waals surface area (Å²) in [4.78, 5) is 0. The molecule has 19 heavy (non-hydrogen) atoms. The smallest absolute Gasteiger partial charge is 0.141 e. The summed E-state index contributed by atoms with van der Waals surface area (Å²) in [5.74, 6) is 2.39. The molecule has 2 nitrogen and oxygen atoms in total. The van der Waals surface area contributed by atoms with Crippen molar-refractivity contribution in [3.05, 3.63) is 52.0 Å². The summed E-state index contributed by atoms with van der Waals surface area (Å²) >= 11 is 6.94. The molecule has 4 heteroatoms. The van der Waals surface area contributed by atoms with Gasteiger partial charge in [-0.05, 0) is 64.3 Å². The Balaban J connectivity index is 2.23. The molecule has 0 saturated heterocycles. The van der Waals surface area contributed by atoms with E-state index in [1.165, 1.54) is 11.1 Å². The number of ether oxygens (including phenoxy) is 2. The molecular weight excluding hydrogens is 372 g/mol. The number of aryl methyl sites for hydroxylation is 1. The summed E-state index contributed by atoms with van der Waals surface area (Å²) in [5.41, 5.74) is 2.47. The van der Waals surface area contributed by atoms with E-state index in [0.29, 0.717) is 0 Å². The van der Waals surface area contributed by atoms with Gasteiger partial charge in [0.1, 0.15) is 17.2 Å². The predicted molar refractivity (Wildman–Crippen MR) is 84.6 cm³/mol. The van der Waals surface area contributed by atoms with Crippen LogP contribution in [-0.4, -0.2) is 7.11 Å². The highest BCUT2D eigenvalue weighted by Gasteiger charge is 2.06. The number of methoxy groups -OCH3 is 1. The highest BCUT2D eigenvalue weighted by Crippen LogP contribution is 2.33. The van der Waals surface area contributed by atoms with Crippen LogP contribution in [0.5, 0.6) is 17.2 Å². The summed E-state index contributed by atoms with van der Waals surface area (Å²) in [5, 5.41) is 0.853. The number of halogens is 2. The van der Waals surface area contributed by atoms with Gasteiger partial charge in [0.05, 0.1) is 11.6 Å². The average molecular weight is 386 g/mol. The quantitative estimate of drug-likeness (QED) is 0.651. The number of hydrogen-bond acceptors (Lipinski definition) is 2. The van der Waals surface area contributed by atoms with E-state index in [1.54, 1.807) is 7.11 Å². The van der Waals surface area contributed by atoms with E-state index in [0.717, 1.165) is 27.1 Å². The Bertz CT molecular complexity index is 582. The fourth-order valence-corrected chi connectivity index (χ4v) is 2.77. The largest absolute Gasteiger partial charge is 0.497 e. The van der Waals surface area contributed by atoms with E-state index in [4.69, 9.17) is 9.47 Å². The Morgan fingerprint density at radius 1 is 1.05 bits per heavy atom. The first-order chi connectivity index (χ1) is 9.13. The van der Waals surface area contributed by atoms with E-state index >= 15 is 0 Å². The van der Waals surface area contributed by atoms with Gasteiger partial charge in [-0.15, -0.1) is 0 Å². The Morgan fingerprint density at radius 2 is 1.79 bits per heavy atom. The van der Waals surface area contributed by atoms with Crippen molar-refractivity contribution in [2.45, 2.75) is 12.3 Å². The molecule has 0 bridgehead atoms. The lowest BCUT2D eigenvalue weighted by atomic mass is 10.1. The summed E-state index contributed by atoms with van der Waals surface area (Å²) < 4.78 is 11.9. The SMILES string of the molecule is COc1ccc(Oc2ccc(CBr)c(C)c2)c(Br)c1. The van der Waals surface area contributed by atoms with Crippen molar-refractivity contribution >= 4 is 31.9 Å². The third-order valence-corrected chi connectivity index (χ3v) is 4.05. The molecule has 0 saturated carbocycles. The van der Waals surface area contributed by atoms with Crippen molar-refractivity contribution in [2.24, 2.45) is 0 Å². The fraction of sp³-hybridized carbons (Fsp3) is 0.200. The van der Waals surface area contributed by atoms with Crippen LogP contribution in [0.15, 0.2) is 40.9 Å². The van der Waals surface area contributed by atoms with Gasteiger partial charge in [-0.1, -0.05) is 22.0 Å². The first-order valence-corrected chi connectivity index (χ1v) is 7.72. The minimum atomic E-state index is 0.770. The van der Waals surface area contributed by atoms with Crippen LogP contribution in [-0.2, 0) is 5.33 Å². The number of rotatable bonds is 4. The third kappa shape index (κ3) is 3.51. The lowest BCUT2D eigenvalue weighted by molar-refractivity contribution is 0.412. The Labute approximate surface area is 130 Å². The normalized spacial score (nSPS) is 10.3. The van der Waals surface area contributed by atoms with Crippen LogP contribution in [0.4, 0.5) is 0 Å². The third-order valence-electron chi connectivity index (χ3n) is 2.82. The molecule has 0 heterocycles. The first-order valence-electron chi connectivity index (χ1n) is 5.81. The molecule has 0 N–H and O–H groups in total. The lowest BCUT2D eigenvalue weighted by Crippen LogP contribution is -1.90. The standard InChI is InChI=1S/C15H14Br2O2/c1-10-7-13(4-3-11(10)9-16)19-15-6-5-12(18-2)8-14(15)17/h3-8H,9H2,1-2H3. The number of benzene rings is 2. The van der Waals surface area contributed by atoms with Crippen LogP contribution >= 0.6 is 31.9 Å². The maximum Gasteiger partial charge on any atom is 0.141 e. The molecule has 0 aromatic heterocycles. The van der Waals surface area contributed by atoms with Crippen LogP contribution in [0, 0.1) is 6.92 Å². The van der Waals surface area contributed by atoms with E-state index in [2.05, 4.69) is 44.8 Å².